The zero-order chi connectivity index (χ0) is 43.2. The van der Waals surface area contributed by atoms with Crippen molar-refractivity contribution in [1.29, 1.82) is 0 Å². The Bertz CT molecular complexity index is 3460. The van der Waals surface area contributed by atoms with E-state index in [9.17, 15) is 0 Å². The van der Waals surface area contributed by atoms with Crippen molar-refractivity contribution in [2.24, 2.45) is 0 Å². The van der Waals surface area contributed by atoms with Crippen molar-refractivity contribution < 1.29 is 4.74 Å². The van der Waals surface area contributed by atoms with Gasteiger partial charge in [0.25, 0.3) is 0 Å². The Morgan fingerprint density at radius 2 is 0.839 bits per heavy atom. The van der Waals surface area contributed by atoms with E-state index in [2.05, 4.69) is 206 Å². The van der Waals surface area contributed by atoms with Crippen LogP contribution in [0, 0.1) is 0 Å². The maximum absolute atomic E-state index is 6.75. The summed E-state index contributed by atoms with van der Waals surface area (Å²) in [7, 11) is 0. The van der Waals surface area contributed by atoms with Gasteiger partial charge in [-0.05, 0) is 106 Å². The normalized spacial score (nSPS) is 14.2. The molecule has 0 bridgehead atoms. The molecule has 0 saturated heterocycles. The van der Waals surface area contributed by atoms with Crippen LogP contribution < -0.4 is 9.64 Å². The highest BCUT2D eigenvalue weighted by molar-refractivity contribution is 6.33. The molecular weight excluding hydrogens is 757 g/mol. The third-order valence-corrected chi connectivity index (χ3v) is 13.9. The summed E-state index contributed by atoms with van der Waals surface area (Å²) in [5.41, 5.74) is 15.3. The van der Waals surface area contributed by atoms with E-state index in [-0.39, 0.29) is 21.7 Å². The molecule has 0 saturated carbocycles. The second-order valence-electron chi connectivity index (χ2n) is 22.2. The molecule has 0 N–H and O–H groups in total. The molecule has 6 heterocycles. The van der Waals surface area contributed by atoms with Gasteiger partial charge in [0.05, 0.1) is 56.4 Å². The van der Waals surface area contributed by atoms with Gasteiger partial charge in [0.1, 0.15) is 0 Å². The molecule has 1 aliphatic heterocycles. The van der Waals surface area contributed by atoms with Crippen molar-refractivity contribution in [3.8, 4) is 11.5 Å². The first-order valence-corrected chi connectivity index (χ1v) is 22.3. The molecule has 0 spiro atoms. The molecule has 5 aromatic heterocycles. The number of benzene rings is 6. The minimum absolute atomic E-state index is 0.00172. The van der Waals surface area contributed by atoms with Crippen molar-refractivity contribution in [2.75, 3.05) is 4.90 Å². The first kappa shape index (κ1) is 37.4. The Kier molecular flexibility index (Phi) is 7.11. The summed E-state index contributed by atoms with van der Waals surface area (Å²) in [6.07, 6.45) is 2.14. The highest BCUT2D eigenvalue weighted by Gasteiger charge is 2.35. The lowest BCUT2D eigenvalue weighted by Crippen LogP contribution is -2.17. The van der Waals surface area contributed by atoms with Crippen molar-refractivity contribution >= 4 is 93.3 Å². The van der Waals surface area contributed by atoms with Crippen molar-refractivity contribution in [3.63, 3.8) is 0 Å². The molecule has 0 amide bonds. The second-order valence-corrected chi connectivity index (χ2v) is 22.2. The number of fused-ring (bicyclic) bond motifs is 14. The fourth-order valence-corrected chi connectivity index (χ4v) is 10.5. The maximum atomic E-state index is 6.75. The van der Waals surface area contributed by atoms with Crippen LogP contribution in [-0.4, -0.2) is 13.8 Å². The molecule has 0 aliphatic carbocycles. The first-order valence-electron chi connectivity index (χ1n) is 22.3. The fraction of sp³-hybridized carbons (Fsp3) is 0.281. The SMILES string of the molecule is CC(C)(C)c1ccc2c(c1)c1cc(C(C)(C)C)cc3c4cc5c6cc(C(C)(C)C)cc7c8cc(C(C)(C)C)ncc8n(c5c(N5c8ccccc8Oc8ccccc85)c4n2c13)c76. The summed E-state index contributed by atoms with van der Waals surface area (Å²) in [4.78, 5) is 7.74. The van der Waals surface area contributed by atoms with E-state index in [1.165, 1.54) is 87.4 Å². The van der Waals surface area contributed by atoms with Crippen LogP contribution in [0.4, 0.5) is 17.1 Å². The van der Waals surface area contributed by atoms with Gasteiger partial charge in [0.15, 0.2) is 11.5 Å². The monoisotopic (exact) mass is 810 g/mol. The Morgan fingerprint density at radius 3 is 1.34 bits per heavy atom. The molecule has 11 aromatic rings. The number of rotatable bonds is 1. The molecule has 0 unspecified atom stereocenters. The van der Waals surface area contributed by atoms with E-state index in [1.54, 1.807) is 0 Å². The molecule has 12 rings (SSSR count). The fourth-order valence-electron chi connectivity index (χ4n) is 10.5. The summed E-state index contributed by atoms with van der Waals surface area (Å²) in [5, 5.41) is 10.2. The number of ether oxygens (including phenoxy) is 1. The maximum Gasteiger partial charge on any atom is 0.151 e. The predicted octanol–water partition coefficient (Wildman–Crippen LogP) is 16.1. The lowest BCUT2D eigenvalue weighted by molar-refractivity contribution is 0.477. The molecule has 0 radical (unpaired) electrons. The van der Waals surface area contributed by atoms with E-state index in [4.69, 9.17) is 9.72 Å². The number of para-hydroxylation sites is 4. The summed E-state index contributed by atoms with van der Waals surface area (Å²) in [6, 6.07) is 39.1. The van der Waals surface area contributed by atoms with Crippen LogP contribution in [0.2, 0.25) is 0 Å². The van der Waals surface area contributed by atoms with Gasteiger partial charge < -0.3 is 13.5 Å². The zero-order valence-corrected chi connectivity index (χ0v) is 38.1. The predicted molar refractivity (Wildman–Crippen MR) is 263 cm³/mol. The van der Waals surface area contributed by atoms with Crippen molar-refractivity contribution in [1.82, 2.24) is 13.8 Å². The van der Waals surface area contributed by atoms with Crippen LogP contribution in [-0.2, 0) is 21.7 Å². The Morgan fingerprint density at radius 1 is 0.403 bits per heavy atom. The number of anilines is 3. The Labute approximate surface area is 363 Å². The van der Waals surface area contributed by atoms with Gasteiger partial charge in [0, 0.05) is 54.2 Å². The molecule has 0 fully saturated rings. The van der Waals surface area contributed by atoms with Gasteiger partial charge in [-0.1, -0.05) is 113 Å². The number of hydrogen-bond acceptors (Lipinski definition) is 3. The molecule has 5 nitrogen and oxygen atoms in total. The van der Waals surface area contributed by atoms with Crippen LogP contribution in [0.25, 0.3) is 76.2 Å². The van der Waals surface area contributed by atoms with E-state index in [0.29, 0.717) is 0 Å². The first-order chi connectivity index (χ1) is 29.3. The molecular formula is C57H54N4O. The van der Waals surface area contributed by atoms with E-state index < -0.39 is 0 Å². The van der Waals surface area contributed by atoms with Gasteiger partial charge in [-0.15, -0.1) is 0 Å². The van der Waals surface area contributed by atoms with Crippen LogP contribution in [0.5, 0.6) is 11.5 Å². The summed E-state index contributed by atoms with van der Waals surface area (Å²) >= 11 is 0. The number of hydrogen-bond donors (Lipinski definition) is 0. The lowest BCUT2D eigenvalue weighted by atomic mass is 9.84. The number of aromatic nitrogens is 3. The minimum atomic E-state index is -0.103. The topological polar surface area (TPSA) is 34.2 Å². The van der Waals surface area contributed by atoms with Gasteiger partial charge in [-0.2, -0.15) is 0 Å². The molecule has 5 heteroatoms. The zero-order valence-electron chi connectivity index (χ0n) is 38.1. The summed E-state index contributed by atoms with van der Waals surface area (Å²) in [5.74, 6) is 1.68. The third-order valence-electron chi connectivity index (χ3n) is 13.9. The highest BCUT2D eigenvalue weighted by Crippen LogP contribution is 2.57. The average Bonchev–Trinajstić information content (AvgIpc) is 3.93. The van der Waals surface area contributed by atoms with Crippen LogP contribution in [0.1, 0.15) is 105 Å². The Balaban J connectivity index is 1.40. The molecule has 62 heavy (non-hydrogen) atoms. The van der Waals surface area contributed by atoms with Crippen LogP contribution in [0.15, 0.2) is 109 Å². The van der Waals surface area contributed by atoms with E-state index in [0.717, 1.165) is 39.8 Å². The summed E-state index contributed by atoms with van der Waals surface area (Å²) in [6.45, 7) is 27.8. The summed E-state index contributed by atoms with van der Waals surface area (Å²) < 4.78 is 11.9. The van der Waals surface area contributed by atoms with Gasteiger partial charge >= 0.3 is 0 Å². The van der Waals surface area contributed by atoms with Crippen LogP contribution in [0.3, 0.4) is 0 Å². The minimum Gasteiger partial charge on any atom is -0.453 e. The van der Waals surface area contributed by atoms with Gasteiger partial charge in [0.2, 0.25) is 0 Å². The third kappa shape index (κ3) is 4.94. The quantitative estimate of drug-likeness (QED) is 0.166. The second kappa shape index (κ2) is 11.8. The van der Waals surface area contributed by atoms with Crippen molar-refractivity contribution in [3.05, 3.63) is 132 Å². The van der Waals surface area contributed by atoms with Crippen LogP contribution >= 0.6 is 0 Å². The van der Waals surface area contributed by atoms with E-state index >= 15 is 0 Å². The van der Waals surface area contributed by atoms with Gasteiger partial charge in [-0.3, -0.25) is 9.88 Å². The molecule has 1 aliphatic rings. The number of nitrogens with zero attached hydrogens (tertiary/aromatic N) is 4. The Hall–Kier alpha value is -6.33. The van der Waals surface area contributed by atoms with Crippen molar-refractivity contribution in [2.45, 2.75) is 105 Å². The van der Waals surface area contributed by atoms with Gasteiger partial charge in [-0.25, -0.2) is 0 Å². The number of pyridine rings is 1. The molecule has 6 aromatic carbocycles. The molecule has 0 atom stereocenters. The molecule has 308 valence electrons. The standard InChI is InChI=1S/C57H54N4O/c1-54(2,3)31-21-22-42-34(23-31)36-24-32(55(4,5)6)26-38-40-28-41-39-27-33(56(7,8)9)25-37-35-29-48(57(10,11)12)58-30-45(35)61(50(37)39)52(41)53(51(40)60(42)49(36)38)59-43-17-13-15-19-46(43)62-47-20-16-14-18-44(47)59/h13-30H,1-12H3. The highest BCUT2D eigenvalue weighted by atomic mass is 16.5. The lowest BCUT2D eigenvalue weighted by Gasteiger charge is -2.33. The smallest absolute Gasteiger partial charge is 0.151 e. The van der Waals surface area contributed by atoms with E-state index in [1.807, 2.05) is 0 Å². The largest absolute Gasteiger partial charge is 0.453 e. The average molecular weight is 811 g/mol.